The molecule has 0 amide bonds. The molecule has 1 saturated heterocycles. The zero-order chi connectivity index (χ0) is 13.3. The first kappa shape index (κ1) is 13.1. The van der Waals surface area contributed by atoms with E-state index in [9.17, 15) is 0 Å². The van der Waals surface area contributed by atoms with Gasteiger partial charge in [0, 0.05) is 13.1 Å². The van der Waals surface area contributed by atoms with Gasteiger partial charge in [-0.05, 0) is 29.9 Å². The lowest BCUT2D eigenvalue weighted by molar-refractivity contribution is 0.263. The Kier molecular flexibility index (Phi) is 3.42. The summed E-state index contributed by atoms with van der Waals surface area (Å²) in [6.07, 6.45) is 1.24. The van der Waals surface area contributed by atoms with Gasteiger partial charge in [0.2, 0.25) is 0 Å². The minimum atomic E-state index is 0.363. The van der Waals surface area contributed by atoms with Gasteiger partial charge in [-0.3, -0.25) is 0 Å². The topological polar surface area (TPSA) is 38.5 Å². The van der Waals surface area contributed by atoms with Gasteiger partial charge in [0.1, 0.15) is 5.75 Å². The van der Waals surface area contributed by atoms with Crippen LogP contribution in [-0.2, 0) is 0 Å². The molecular formula is C15H24N2O. The Bertz CT molecular complexity index is 423. The summed E-state index contributed by atoms with van der Waals surface area (Å²) in [5.41, 5.74) is 8.40. The fraction of sp³-hybridized carbons (Fsp3) is 0.600. The van der Waals surface area contributed by atoms with Crippen molar-refractivity contribution < 1.29 is 4.74 Å². The molecule has 1 aromatic rings. The number of methoxy groups -OCH3 is 1. The minimum Gasteiger partial charge on any atom is -0.495 e. The maximum atomic E-state index is 6.16. The average Bonchev–Trinajstić information content (AvgIpc) is 2.78. The van der Waals surface area contributed by atoms with Gasteiger partial charge in [-0.2, -0.15) is 0 Å². The molecule has 0 saturated carbocycles. The van der Waals surface area contributed by atoms with Gasteiger partial charge in [-0.15, -0.1) is 0 Å². The summed E-state index contributed by atoms with van der Waals surface area (Å²) < 4.78 is 5.29. The number of anilines is 2. The normalized spacial score (nSPS) is 20.2. The lowest BCUT2D eigenvalue weighted by atomic mass is 9.80. The lowest BCUT2D eigenvalue weighted by Crippen LogP contribution is -2.26. The Labute approximate surface area is 110 Å². The summed E-state index contributed by atoms with van der Waals surface area (Å²) in [5, 5.41) is 0. The van der Waals surface area contributed by atoms with Crippen LogP contribution < -0.4 is 15.4 Å². The smallest absolute Gasteiger partial charge is 0.143 e. The second kappa shape index (κ2) is 4.71. The van der Waals surface area contributed by atoms with Crippen LogP contribution in [0.3, 0.4) is 0 Å². The Morgan fingerprint density at radius 3 is 2.61 bits per heavy atom. The Morgan fingerprint density at radius 2 is 2.06 bits per heavy atom. The number of nitrogen functional groups attached to an aromatic ring is 1. The predicted octanol–water partition coefficient (Wildman–Crippen LogP) is 3.15. The van der Waals surface area contributed by atoms with E-state index in [1.165, 1.54) is 6.42 Å². The molecule has 3 nitrogen and oxygen atoms in total. The highest BCUT2D eigenvalue weighted by molar-refractivity contribution is 5.74. The third-order valence-electron chi connectivity index (χ3n) is 4.02. The van der Waals surface area contributed by atoms with E-state index < -0.39 is 0 Å². The summed E-state index contributed by atoms with van der Waals surface area (Å²) in [5.74, 6) is 1.50. The van der Waals surface area contributed by atoms with Gasteiger partial charge in [0.25, 0.3) is 0 Å². The monoisotopic (exact) mass is 248 g/mol. The number of ether oxygens (including phenoxy) is 1. The third-order valence-corrected chi connectivity index (χ3v) is 4.02. The van der Waals surface area contributed by atoms with E-state index in [-0.39, 0.29) is 0 Å². The van der Waals surface area contributed by atoms with Crippen LogP contribution in [-0.4, -0.2) is 20.2 Å². The Morgan fingerprint density at radius 1 is 1.33 bits per heavy atom. The van der Waals surface area contributed by atoms with E-state index in [0.29, 0.717) is 5.41 Å². The quantitative estimate of drug-likeness (QED) is 0.817. The van der Waals surface area contributed by atoms with Gasteiger partial charge < -0.3 is 15.4 Å². The fourth-order valence-corrected chi connectivity index (χ4v) is 2.67. The number of para-hydroxylation sites is 1. The number of nitrogens with zero attached hydrogens (tertiary/aromatic N) is 1. The molecule has 18 heavy (non-hydrogen) atoms. The van der Waals surface area contributed by atoms with Gasteiger partial charge in [-0.1, -0.05) is 26.8 Å². The molecule has 0 aromatic heterocycles. The van der Waals surface area contributed by atoms with Gasteiger partial charge in [0.05, 0.1) is 18.5 Å². The molecule has 3 heteroatoms. The summed E-state index contributed by atoms with van der Waals surface area (Å²) in [7, 11) is 1.66. The molecule has 100 valence electrons. The predicted molar refractivity (Wildman–Crippen MR) is 77.2 cm³/mol. The van der Waals surface area contributed by atoms with Crippen molar-refractivity contribution in [3.63, 3.8) is 0 Å². The molecule has 2 N–H and O–H groups in total. The molecule has 0 aliphatic carbocycles. The molecule has 1 atom stereocenters. The van der Waals surface area contributed by atoms with E-state index >= 15 is 0 Å². The standard InChI is InChI=1S/C15H24N2O/c1-15(2,3)11-8-9-17(10-11)12-6-5-7-13(18-4)14(12)16/h5-7,11H,8-10,16H2,1-4H3. The molecule has 1 heterocycles. The molecule has 0 bridgehead atoms. The van der Waals surface area contributed by atoms with Crippen LogP contribution in [0.4, 0.5) is 11.4 Å². The Hall–Kier alpha value is -1.38. The van der Waals surface area contributed by atoms with Crippen LogP contribution in [0.25, 0.3) is 0 Å². The van der Waals surface area contributed by atoms with Gasteiger partial charge in [-0.25, -0.2) is 0 Å². The van der Waals surface area contributed by atoms with Crippen molar-refractivity contribution in [2.24, 2.45) is 11.3 Å². The molecule has 1 fully saturated rings. The Balaban J connectivity index is 2.20. The molecule has 2 rings (SSSR count). The van der Waals surface area contributed by atoms with Crippen molar-refractivity contribution in [3.8, 4) is 5.75 Å². The molecule has 1 aromatic carbocycles. The maximum Gasteiger partial charge on any atom is 0.143 e. The molecule has 1 aliphatic heterocycles. The van der Waals surface area contributed by atoms with E-state index in [4.69, 9.17) is 10.5 Å². The molecule has 0 radical (unpaired) electrons. The van der Waals surface area contributed by atoms with Crippen molar-refractivity contribution in [3.05, 3.63) is 18.2 Å². The van der Waals surface area contributed by atoms with Crippen LogP contribution in [0.2, 0.25) is 0 Å². The zero-order valence-electron chi connectivity index (χ0n) is 11.9. The van der Waals surface area contributed by atoms with Crippen molar-refractivity contribution in [1.29, 1.82) is 0 Å². The van der Waals surface area contributed by atoms with Gasteiger partial charge >= 0.3 is 0 Å². The van der Waals surface area contributed by atoms with Crippen LogP contribution in [0.1, 0.15) is 27.2 Å². The second-order valence-corrected chi connectivity index (χ2v) is 6.19. The number of hydrogen-bond acceptors (Lipinski definition) is 3. The minimum absolute atomic E-state index is 0.363. The number of benzene rings is 1. The van der Waals surface area contributed by atoms with Crippen molar-refractivity contribution >= 4 is 11.4 Å². The SMILES string of the molecule is COc1cccc(N2CCC(C(C)(C)C)C2)c1N. The van der Waals surface area contributed by atoms with Crippen LogP contribution in [0.5, 0.6) is 5.75 Å². The largest absolute Gasteiger partial charge is 0.495 e. The maximum absolute atomic E-state index is 6.16. The van der Waals surface area contributed by atoms with Crippen LogP contribution >= 0.6 is 0 Å². The van der Waals surface area contributed by atoms with Crippen molar-refractivity contribution in [2.75, 3.05) is 30.8 Å². The first-order valence-corrected chi connectivity index (χ1v) is 6.61. The van der Waals surface area contributed by atoms with E-state index in [1.807, 2.05) is 12.1 Å². The highest BCUT2D eigenvalue weighted by Crippen LogP contribution is 2.39. The summed E-state index contributed by atoms with van der Waals surface area (Å²) in [4.78, 5) is 2.38. The first-order chi connectivity index (χ1) is 8.43. The summed E-state index contributed by atoms with van der Waals surface area (Å²) >= 11 is 0. The summed E-state index contributed by atoms with van der Waals surface area (Å²) in [6, 6.07) is 6.01. The molecular weight excluding hydrogens is 224 g/mol. The number of hydrogen-bond donors (Lipinski definition) is 1. The van der Waals surface area contributed by atoms with E-state index in [1.54, 1.807) is 7.11 Å². The van der Waals surface area contributed by atoms with Crippen molar-refractivity contribution in [2.45, 2.75) is 27.2 Å². The first-order valence-electron chi connectivity index (χ1n) is 6.61. The van der Waals surface area contributed by atoms with E-state index in [0.717, 1.165) is 36.1 Å². The van der Waals surface area contributed by atoms with E-state index in [2.05, 4.69) is 31.7 Å². The molecule has 0 spiro atoms. The highest BCUT2D eigenvalue weighted by Gasteiger charge is 2.32. The summed E-state index contributed by atoms with van der Waals surface area (Å²) in [6.45, 7) is 9.11. The second-order valence-electron chi connectivity index (χ2n) is 6.19. The van der Waals surface area contributed by atoms with Crippen LogP contribution in [0.15, 0.2) is 18.2 Å². The third kappa shape index (κ3) is 2.40. The zero-order valence-corrected chi connectivity index (χ0v) is 11.9. The lowest BCUT2D eigenvalue weighted by Gasteiger charge is -2.28. The van der Waals surface area contributed by atoms with Gasteiger partial charge in [0.15, 0.2) is 0 Å². The molecule has 1 aliphatic rings. The van der Waals surface area contributed by atoms with Crippen LogP contribution in [0, 0.1) is 11.3 Å². The highest BCUT2D eigenvalue weighted by atomic mass is 16.5. The number of nitrogens with two attached hydrogens (primary N) is 1. The fourth-order valence-electron chi connectivity index (χ4n) is 2.67. The average molecular weight is 248 g/mol. The number of rotatable bonds is 2. The molecule has 1 unspecified atom stereocenters. The van der Waals surface area contributed by atoms with Crippen molar-refractivity contribution in [1.82, 2.24) is 0 Å².